The molecule has 0 saturated heterocycles. The number of anilines is 4. The van der Waals surface area contributed by atoms with Crippen LogP contribution in [0.4, 0.5) is 23.1 Å². The average Bonchev–Trinajstić information content (AvgIpc) is 3.30. The molecule has 1 saturated carbocycles. The Labute approximate surface area is 188 Å². The van der Waals surface area contributed by atoms with E-state index in [1.54, 1.807) is 50.5 Å². The fourth-order valence-electron chi connectivity index (χ4n) is 4.60. The lowest BCUT2D eigenvalue weighted by atomic mass is 10.1. The maximum absolute atomic E-state index is 12.7. The number of hydrogen-bond donors (Lipinski definition) is 2. The van der Waals surface area contributed by atoms with Gasteiger partial charge in [0.2, 0.25) is 11.9 Å². The van der Waals surface area contributed by atoms with Crippen LogP contribution in [0.15, 0.2) is 24.4 Å². The highest BCUT2D eigenvalue weighted by Crippen LogP contribution is 2.39. The molecular weight excluding hydrogens is 408 g/mol. The maximum Gasteiger partial charge on any atom is 0.251 e. The third kappa shape index (κ3) is 4.06. The summed E-state index contributed by atoms with van der Waals surface area (Å²) in [5, 5.41) is 5.83. The number of amides is 2. The SMILES string of the molecule is CNC(=O)c1ccc(Nc2ncc3c(n2)N(C2CCCC2)C(C)CC(=O)N3C)c(OC)c1. The van der Waals surface area contributed by atoms with Crippen LogP contribution in [0.2, 0.25) is 0 Å². The Kier molecular flexibility index (Phi) is 6.16. The van der Waals surface area contributed by atoms with Gasteiger partial charge in [-0.1, -0.05) is 12.8 Å². The number of methoxy groups -OCH3 is 1. The highest BCUT2D eigenvalue weighted by molar-refractivity contribution is 5.98. The summed E-state index contributed by atoms with van der Waals surface area (Å²) in [6, 6.07) is 5.58. The predicted molar refractivity (Wildman–Crippen MR) is 124 cm³/mol. The van der Waals surface area contributed by atoms with Gasteiger partial charge in [-0.3, -0.25) is 9.59 Å². The van der Waals surface area contributed by atoms with Gasteiger partial charge in [-0.15, -0.1) is 0 Å². The van der Waals surface area contributed by atoms with Crippen molar-refractivity contribution >= 4 is 35.0 Å². The van der Waals surface area contributed by atoms with Crippen LogP contribution in [-0.2, 0) is 4.79 Å². The monoisotopic (exact) mass is 438 g/mol. The second-order valence-electron chi connectivity index (χ2n) is 8.37. The van der Waals surface area contributed by atoms with E-state index in [0.717, 1.165) is 24.3 Å². The van der Waals surface area contributed by atoms with Gasteiger partial charge in [0.1, 0.15) is 11.4 Å². The van der Waals surface area contributed by atoms with Crippen LogP contribution in [0.25, 0.3) is 0 Å². The zero-order chi connectivity index (χ0) is 22.8. The number of fused-ring (bicyclic) bond motifs is 1. The molecule has 4 rings (SSSR count). The number of rotatable bonds is 5. The van der Waals surface area contributed by atoms with E-state index < -0.39 is 0 Å². The summed E-state index contributed by atoms with van der Waals surface area (Å²) in [7, 11) is 4.92. The van der Waals surface area contributed by atoms with Crippen molar-refractivity contribution in [2.75, 3.05) is 36.3 Å². The fourth-order valence-corrected chi connectivity index (χ4v) is 4.60. The number of hydrogen-bond acceptors (Lipinski definition) is 7. The number of nitrogens with zero attached hydrogens (tertiary/aromatic N) is 4. The largest absolute Gasteiger partial charge is 0.495 e. The molecule has 1 aromatic heterocycles. The molecule has 2 aliphatic rings. The molecule has 0 radical (unpaired) electrons. The first-order chi connectivity index (χ1) is 15.4. The molecule has 32 heavy (non-hydrogen) atoms. The number of aromatic nitrogens is 2. The molecule has 0 bridgehead atoms. The van der Waals surface area contributed by atoms with Crippen molar-refractivity contribution in [1.29, 1.82) is 0 Å². The Morgan fingerprint density at radius 1 is 1.25 bits per heavy atom. The van der Waals surface area contributed by atoms with Gasteiger partial charge >= 0.3 is 0 Å². The zero-order valence-corrected chi connectivity index (χ0v) is 19.0. The van der Waals surface area contributed by atoms with Crippen molar-refractivity contribution in [3.63, 3.8) is 0 Å². The summed E-state index contributed by atoms with van der Waals surface area (Å²) in [4.78, 5) is 37.9. The summed E-state index contributed by atoms with van der Waals surface area (Å²) in [6.07, 6.45) is 6.73. The van der Waals surface area contributed by atoms with Crippen LogP contribution in [0.1, 0.15) is 49.4 Å². The Hall–Kier alpha value is -3.36. The summed E-state index contributed by atoms with van der Waals surface area (Å²) in [6.45, 7) is 2.09. The molecule has 9 heteroatoms. The minimum Gasteiger partial charge on any atom is -0.495 e. The van der Waals surface area contributed by atoms with Gasteiger partial charge in [-0.05, 0) is 38.0 Å². The molecule has 1 atom stereocenters. The third-order valence-corrected chi connectivity index (χ3v) is 6.33. The molecule has 1 unspecified atom stereocenters. The van der Waals surface area contributed by atoms with Crippen molar-refractivity contribution in [1.82, 2.24) is 15.3 Å². The fraction of sp³-hybridized carbons (Fsp3) is 0.478. The minimum absolute atomic E-state index is 0.0541. The lowest BCUT2D eigenvalue weighted by molar-refractivity contribution is -0.118. The molecule has 1 aliphatic heterocycles. The number of carbonyl (C=O) groups is 2. The van der Waals surface area contributed by atoms with Crippen molar-refractivity contribution in [2.45, 2.75) is 51.1 Å². The van der Waals surface area contributed by atoms with Crippen LogP contribution in [0, 0.1) is 0 Å². The summed E-state index contributed by atoms with van der Waals surface area (Å²) in [5.74, 6) is 1.57. The predicted octanol–water partition coefficient (Wildman–Crippen LogP) is 3.09. The third-order valence-electron chi connectivity index (χ3n) is 6.33. The second-order valence-corrected chi connectivity index (χ2v) is 8.37. The van der Waals surface area contributed by atoms with Gasteiger partial charge < -0.3 is 25.2 Å². The van der Waals surface area contributed by atoms with Gasteiger partial charge in [0.05, 0.1) is 19.0 Å². The number of benzene rings is 1. The Balaban J connectivity index is 1.71. The lowest BCUT2D eigenvalue weighted by Crippen LogP contribution is -2.41. The molecule has 170 valence electrons. The molecule has 0 spiro atoms. The number of carbonyl (C=O) groups excluding carboxylic acids is 2. The molecule has 2 amide bonds. The first-order valence-corrected chi connectivity index (χ1v) is 11.0. The molecule has 1 fully saturated rings. The molecule has 1 aromatic carbocycles. The van der Waals surface area contributed by atoms with E-state index in [0.29, 0.717) is 35.4 Å². The van der Waals surface area contributed by atoms with Gasteiger partial charge in [-0.2, -0.15) is 4.98 Å². The van der Waals surface area contributed by atoms with Crippen LogP contribution in [0.5, 0.6) is 5.75 Å². The number of ether oxygens (including phenoxy) is 1. The van der Waals surface area contributed by atoms with E-state index in [1.165, 1.54) is 12.8 Å². The normalized spacial score (nSPS) is 18.9. The van der Waals surface area contributed by atoms with Gasteiger partial charge in [0.15, 0.2) is 5.82 Å². The summed E-state index contributed by atoms with van der Waals surface area (Å²) in [5.41, 5.74) is 1.87. The molecular formula is C23H30N6O3. The van der Waals surface area contributed by atoms with Crippen molar-refractivity contribution < 1.29 is 14.3 Å². The van der Waals surface area contributed by atoms with Crippen LogP contribution >= 0.6 is 0 Å². The number of nitrogens with one attached hydrogen (secondary N) is 2. The molecule has 2 aromatic rings. The first kappa shape index (κ1) is 21.9. The van der Waals surface area contributed by atoms with E-state index in [1.807, 2.05) is 0 Å². The topological polar surface area (TPSA) is 99.7 Å². The Morgan fingerprint density at radius 2 is 2.00 bits per heavy atom. The van der Waals surface area contributed by atoms with Crippen molar-refractivity contribution in [2.24, 2.45) is 0 Å². The Morgan fingerprint density at radius 3 is 2.69 bits per heavy atom. The molecule has 2 heterocycles. The average molecular weight is 439 g/mol. The molecule has 9 nitrogen and oxygen atoms in total. The van der Waals surface area contributed by atoms with Crippen molar-refractivity contribution in [3.8, 4) is 5.75 Å². The quantitative estimate of drug-likeness (QED) is 0.740. The highest BCUT2D eigenvalue weighted by atomic mass is 16.5. The smallest absolute Gasteiger partial charge is 0.251 e. The van der Waals surface area contributed by atoms with Crippen LogP contribution < -0.4 is 25.2 Å². The standard InChI is InChI=1S/C23H30N6O3/c1-14-11-20(30)28(3)18-13-25-23(27-21(18)29(14)16-7-5-6-8-16)26-17-10-9-15(22(31)24-2)12-19(17)32-4/h9-10,12-14,16H,5-8,11H2,1-4H3,(H,24,31)(H,25,26,27). The van der Waals surface area contributed by atoms with Crippen LogP contribution in [-0.4, -0.2) is 55.1 Å². The van der Waals surface area contributed by atoms with Gasteiger partial charge in [0.25, 0.3) is 5.91 Å². The second kappa shape index (κ2) is 9.02. The molecule has 1 aliphatic carbocycles. The Bertz CT molecular complexity index is 1020. The van der Waals surface area contributed by atoms with E-state index in [2.05, 4.69) is 27.4 Å². The highest BCUT2D eigenvalue weighted by Gasteiger charge is 2.35. The summed E-state index contributed by atoms with van der Waals surface area (Å²) >= 11 is 0. The van der Waals surface area contributed by atoms with Crippen LogP contribution in [0.3, 0.4) is 0 Å². The van der Waals surface area contributed by atoms with E-state index in [9.17, 15) is 9.59 Å². The van der Waals surface area contributed by atoms with E-state index in [4.69, 9.17) is 9.72 Å². The van der Waals surface area contributed by atoms with Crippen molar-refractivity contribution in [3.05, 3.63) is 30.0 Å². The first-order valence-electron chi connectivity index (χ1n) is 11.0. The van der Waals surface area contributed by atoms with Gasteiger partial charge in [0, 0.05) is 38.2 Å². The van der Waals surface area contributed by atoms with E-state index >= 15 is 0 Å². The lowest BCUT2D eigenvalue weighted by Gasteiger charge is -2.34. The van der Waals surface area contributed by atoms with E-state index in [-0.39, 0.29) is 17.9 Å². The van der Waals surface area contributed by atoms with Gasteiger partial charge in [-0.25, -0.2) is 4.98 Å². The summed E-state index contributed by atoms with van der Waals surface area (Å²) < 4.78 is 5.47. The molecule has 2 N–H and O–H groups in total. The zero-order valence-electron chi connectivity index (χ0n) is 19.0. The maximum atomic E-state index is 12.7. The minimum atomic E-state index is -0.190.